The first-order chi connectivity index (χ1) is 5.49. The van der Waals surface area contributed by atoms with E-state index in [-0.39, 0.29) is 6.42 Å². The van der Waals surface area contributed by atoms with Crippen molar-refractivity contribution >= 4 is 11.9 Å². The largest absolute Gasteiger partial charge is 0.481 e. The summed E-state index contributed by atoms with van der Waals surface area (Å²) in [5.74, 6) is -3.34. The normalized spacial score (nSPS) is 15.2. The van der Waals surface area contributed by atoms with Crippen molar-refractivity contribution in [3.63, 3.8) is 0 Å². The number of aliphatic hydroxyl groups excluding tert-OH is 1. The first-order valence-electron chi connectivity index (χ1n) is 3.61. The van der Waals surface area contributed by atoms with Gasteiger partial charge in [0, 0.05) is 0 Å². The number of aliphatic hydroxyl groups is 1. The van der Waals surface area contributed by atoms with Crippen LogP contribution in [0.15, 0.2) is 0 Å². The van der Waals surface area contributed by atoms with Crippen molar-refractivity contribution < 1.29 is 24.9 Å². The monoisotopic (exact) mass is 176 g/mol. The Bertz CT molecular complexity index is 177. The van der Waals surface area contributed by atoms with Crippen molar-refractivity contribution in [1.82, 2.24) is 0 Å². The van der Waals surface area contributed by atoms with Gasteiger partial charge in [0.05, 0.1) is 18.4 Å². The van der Waals surface area contributed by atoms with Crippen LogP contribution in [0.2, 0.25) is 0 Å². The van der Waals surface area contributed by atoms with E-state index in [4.69, 9.17) is 15.3 Å². The van der Waals surface area contributed by atoms with E-state index in [0.717, 1.165) is 0 Å². The molecular weight excluding hydrogens is 164 g/mol. The topological polar surface area (TPSA) is 94.8 Å². The minimum absolute atomic E-state index is 0.226. The molecule has 2 atom stereocenters. The fourth-order valence-corrected chi connectivity index (χ4v) is 0.932. The molecule has 0 saturated carbocycles. The summed E-state index contributed by atoms with van der Waals surface area (Å²) in [5.41, 5.74) is 0. The van der Waals surface area contributed by atoms with Gasteiger partial charge < -0.3 is 15.3 Å². The van der Waals surface area contributed by atoms with Gasteiger partial charge in [0.2, 0.25) is 0 Å². The maximum absolute atomic E-state index is 10.4. The lowest BCUT2D eigenvalue weighted by Gasteiger charge is -2.14. The van der Waals surface area contributed by atoms with E-state index in [0.29, 0.717) is 0 Å². The van der Waals surface area contributed by atoms with E-state index < -0.39 is 30.4 Å². The standard InChI is InChI=1S/C7H12O5/c1-2-4(7(11)12)5(8)3-6(9)10/h4-5,8H,2-3H2,1H3,(H,9,10)(H,11,12)/t4?,5-/m0/s1. The van der Waals surface area contributed by atoms with Crippen LogP contribution in [0.4, 0.5) is 0 Å². The Balaban J connectivity index is 4.11. The van der Waals surface area contributed by atoms with Gasteiger partial charge >= 0.3 is 11.9 Å². The van der Waals surface area contributed by atoms with Crippen LogP contribution < -0.4 is 0 Å². The molecule has 1 unspecified atom stereocenters. The van der Waals surface area contributed by atoms with Gasteiger partial charge in [-0.2, -0.15) is 0 Å². The lowest BCUT2D eigenvalue weighted by atomic mass is 9.97. The fraction of sp³-hybridized carbons (Fsp3) is 0.714. The summed E-state index contributed by atoms with van der Waals surface area (Å²) in [4.78, 5) is 20.5. The second-order valence-electron chi connectivity index (χ2n) is 2.52. The predicted octanol–water partition coefficient (Wildman–Crippen LogP) is -0.0672. The number of rotatable bonds is 5. The average Bonchev–Trinajstić information content (AvgIpc) is 1.85. The third-order valence-electron chi connectivity index (χ3n) is 1.61. The Morgan fingerprint density at radius 3 is 2.08 bits per heavy atom. The van der Waals surface area contributed by atoms with Crippen LogP contribution in [0.3, 0.4) is 0 Å². The molecule has 3 N–H and O–H groups in total. The van der Waals surface area contributed by atoms with E-state index >= 15 is 0 Å². The van der Waals surface area contributed by atoms with Crippen molar-refractivity contribution in [3.05, 3.63) is 0 Å². The minimum Gasteiger partial charge on any atom is -0.481 e. The molecule has 0 rings (SSSR count). The van der Waals surface area contributed by atoms with Crippen molar-refractivity contribution in [2.75, 3.05) is 0 Å². The highest BCUT2D eigenvalue weighted by Crippen LogP contribution is 2.11. The Kier molecular flexibility index (Phi) is 4.28. The molecule has 5 nitrogen and oxygen atoms in total. The van der Waals surface area contributed by atoms with Gasteiger partial charge in [-0.1, -0.05) is 6.92 Å². The van der Waals surface area contributed by atoms with Crippen molar-refractivity contribution in [1.29, 1.82) is 0 Å². The van der Waals surface area contributed by atoms with Crippen LogP contribution in [-0.2, 0) is 9.59 Å². The van der Waals surface area contributed by atoms with E-state index in [1.165, 1.54) is 0 Å². The van der Waals surface area contributed by atoms with Gasteiger partial charge in [-0.3, -0.25) is 9.59 Å². The molecule has 0 bridgehead atoms. The number of hydrogen-bond donors (Lipinski definition) is 3. The summed E-state index contributed by atoms with van der Waals surface area (Å²) < 4.78 is 0. The molecule has 0 aromatic heterocycles. The fourth-order valence-electron chi connectivity index (χ4n) is 0.932. The second kappa shape index (κ2) is 4.71. The molecule has 0 heterocycles. The molecule has 0 aromatic rings. The lowest BCUT2D eigenvalue weighted by Crippen LogP contribution is -2.29. The van der Waals surface area contributed by atoms with Gasteiger partial charge in [0.15, 0.2) is 0 Å². The molecular formula is C7H12O5. The zero-order valence-electron chi connectivity index (χ0n) is 6.73. The molecule has 5 heteroatoms. The van der Waals surface area contributed by atoms with Crippen LogP contribution in [0, 0.1) is 5.92 Å². The van der Waals surface area contributed by atoms with Gasteiger partial charge in [-0.15, -0.1) is 0 Å². The van der Waals surface area contributed by atoms with Gasteiger partial charge in [0.1, 0.15) is 0 Å². The molecule has 70 valence electrons. The Morgan fingerprint density at radius 2 is 1.83 bits per heavy atom. The molecule has 0 aromatic carbocycles. The number of carboxylic acids is 2. The number of hydrogen-bond acceptors (Lipinski definition) is 3. The predicted molar refractivity (Wildman–Crippen MR) is 39.7 cm³/mol. The molecule has 0 radical (unpaired) electrons. The van der Waals surface area contributed by atoms with Crippen molar-refractivity contribution in [2.24, 2.45) is 5.92 Å². The van der Waals surface area contributed by atoms with Crippen LogP contribution in [0.25, 0.3) is 0 Å². The van der Waals surface area contributed by atoms with Crippen molar-refractivity contribution in [3.8, 4) is 0 Å². The van der Waals surface area contributed by atoms with E-state index in [9.17, 15) is 9.59 Å². The summed E-state index contributed by atoms with van der Waals surface area (Å²) in [7, 11) is 0. The Hall–Kier alpha value is -1.10. The molecule has 0 spiro atoms. The Morgan fingerprint density at radius 1 is 1.33 bits per heavy atom. The number of carboxylic acid groups (broad SMARTS) is 2. The van der Waals surface area contributed by atoms with Crippen LogP contribution in [0.5, 0.6) is 0 Å². The van der Waals surface area contributed by atoms with Crippen LogP contribution >= 0.6 is 0 Å². The first-order valence-corrected chi connectivity index (χ1v) is 3.61. The van der Waals surface area contributed by atoms with Gasteiger partial charge in [0.25, 0.3) is 0 Å². The molecule has 0 aliphatic heterocycles. The molecule has 0 fully saturated rings. The molecule has 12 heavy (non-hydrogen) atoms. The third kappa shape index (κ3) is 3.34. The second-order valence-corrected chi connectivity index (χ2v) is 2.52. The van der Waals surface area contributed by atoms with Crippen molar-refractivity contribution in [2.45, 2.75) is 25.9 Å². The summed E-state index contributed by atoms with van der Waals surface area (Å²) >= 11 is 0. The first kappa shape index (κ1) is 10.9. The number of carbonyl (C=O) groups is 2. The summed E-state index contributed by atoms with van der Waals surface area (Å²) in [6, 6.07) is 0. The minimum atomic E-state index is -1.30. The highest BCUT2D eigenvalue weighted by molar-refractivity contribution is 5.73. The van der Waals surface area contributed by atoms with E-state index in [2.05, 4.69) is 0 Å². The number of aliphatic carboxylic acids is 2. The SMILES string of the molecule is CCC(C(=O)O)[C@@H](O)CC(=O)O. The zero-order chi connectivity index (χ0) is 9.72. The maximum Gasteiger partial charge on any atom is 0.309 e. The highest BCUT2D eigenvalue weighted by atomic mass is 16.4. The molecule has 0 saturated heterocycles. The highest BCUT2D eigenvalue weighted by Gasteiger charge is 2.26. The average molecular weight is 176 g/mol. The molecule has 0 aliphatic carbocycles. The van der Waals surface area contributed by atoms with Crippen LogP contribution in [-0.4, -0.2) is 33.4 Å². The lowest BCUT2D eigenvalue weighted by molar-refractivity contribution is -0.148. The summed E-state index contributed by atoms with van der Waals surface area (Å²) in [5, 5.41) is 25.8. The summed E-state index contributed by atoms with van der Waals surface area (Å²) in [6.07, 6.45) is -1.60. The molecule has 0 aliphatic rings. The quantitative estimate of drug-likeness (QED) is 0.545. The summed E-state index contributed by atoms with van der Waals surface area (Å²) in [6.45, 7) is 1.59. The van der Waals surface area contributed by atoms with Gasteiger partial charge in [-0.05, 0) is 6.42 Å². The smallest absolute Gasteiger partial charge is 0.309 e. The molecule has 0 amide bonds. The van der Waals surface area contributed by atoms with E-state index in [1.807, 2.05) is 0 Å². The maximum atomic E-state index is 10.4. The third-order valence-corrected chi connectivity index (χ3v) is 1.61. The zero-order valence-corrected chi connectivity index (χ0v) is 6.73. The van der Waals surface area contributed by atoms with E-state index in [1.54, 1.807) is 6.92 Å². The van der Waals surface area contributed by atoms with Gasteiger partial charge in [-0.25, -0.2) is 0 Å². The Labute approximate surface area is 69.6 Å². The van der Waals surface area contributed by atoms with Crippen LogP contribution in [0.1, 0.15) is 19.8 Å².